The van der Waals surface area contributed by atoms with Crippen molar-refractivity contribution in [1.82, 2.24) is 10.3 Å². The van der Waals surface area contributed by atoms with Gasteiger partial charge in [-0.25, -0.2) is 0 Å². The summed E-state index contributed by atoms with van der Waals surface area (Å²) in [6.45, 7) is 0. The monoisotopic (exact) mass is 233 g/mol. The SMILES string of the molecule is CNC(CCC(F)(F)F)c1cnccc1N. The molecule has 90 valence electrons. The van der Waals surface area contributed by atoms with E-state index in [0.717, 1.165) is 0 Å². The third kappa shape index (κ3) is 3.69. The zero-order valence-electron chi connectivity index (χ0n) is 8.88. The Balaban J connectivity index is 2.72. The van der Waals surface area contributed by atoms with Crippen LogP contribution in [0.15, 0.2) is 18.5 Å². The van der Waals surface area contributed by atoms with Crippen LogP contribution in [-0.2, 0) is 0 Å². The molecule has 0 bridgehead atoms. The van der Waals surface area contributed by atoms with Crippen LogP contribution < -0.4 is 11.1 Å². The molecule has 0 saturated carbocycles. The van der Waals surface area contributed by atoms with E-state index in [-0.39, 0.29) is 6.42 Å². The molecule has 0 fully saturated rings. The lowest BCUT2D eigenvalue weighted by Crippen LogP contribution is -2.20. The van der Waals surface area contributed by atoms with Crippen molar-refractivity contribution in [3.8, 4) is 0 Å². The molecule has 0 amide bonds. The Morgan fingerprint density at radius 1 is 1.50 bits per heavy atom. The van der Waals surface area contributed by atoms with Crippen molar-refractivity contribution in [3.05, 3.63) is 24.0 Å². The first-order chi connectivity index (χ1) is 7.44. The van der Waals surface area contributed by atoms with E-state index in [1.165, 1.54) is 12.4 Å². The predicted octanol–water partition coefficient (Wildman–Crippen LogP) is 2.27. The number of halogens is 3. The summed E-state index contributed by atoms with van der Waals surface area (Å²) in [6, 6.07) is 1.16. The van der Waals surface area contributed by atoms with Gasteiger partial charge in [-0.1, -0.05) is 0 Å². The fourth-order valence-electron chi connectivity index (χ4n) is 1.47. The van der Waals surface area contributed by atoms with Crippen molar-refractivity contribution < 1.29 is 13.2 Å². The number of aromatic nitrogens is 1. The van der Waals surface area contributed by atoms with Gasteiger partial charge in [-0.2, -0.15) is 13.2 Å². The molecule has 6 heteroatoms. The van der Waals surface area contributed by atoms with Gasteiger partial charge in [0, 0.05) is 36.1 Å². The van der Waals surface area contributed by atoms with Crippen molar-refractivity contribution in [2.75, 3.05) is 12.8 Å². The Kier molecular flexibility index (Phi) is 4.12. The molecule has 0 aromatic carbocycles. The second kappa shape index (κ2) is 5.16. The summed E-state index contributed by atoms with van der Waals surface area (Å²) in [6.07, 6.45) is -2.03. The van der Waals surface area contributed by atoms with Gasteiger partial charge >= 0.3 is 6.18 Å². The molecule has 0 aliphatic carbocycles. The third-order valence-corrected chi connectivity index (χ3v) is 2.33. The average Bonchev–Trinajstić information content (AvgIpc) is 2.20. The molecule has 1 aromatic heterocycles. The summed E-state index contributed by atoms with van der Waals surface area (Å²) in [5.74, 6) is 0. The first-order valence-electron chi connectivity index (χ1n) is 4.87. The molecule has 0 aliphatic heterocycles. The topological polar surface area (TPSA) is 50.9 Å². The van der Waals surface area contributed by atoms with Crippen molar-refractivity contribution in [1.29, 1.82) is 0 Å². The standard InChI is InChI=1S/C10H14F3N3/c1-15-9(2-4-10(11,12)13)7-6-16-5-3-8(7)14/h3,5-6,9,15H,2,4H2,1H3,(H2,14,16). The number of alkyl halides is 3. The van der Waals surface area contributed by atoms with Gasteiger partial charge in [0.2, 0.25) is 0 Å². The highest BCUT2D eigenvalue weighted by molar-refractivity contribution is 5.46. The lowest BCUT2D eigenvalue weighted by Gasteiger charge is -2.18. The minimum absolute atomic E-state index is 0.0457. The van der Waals surface area contributed by atoms with Gasteiger partial charge in [0.15, 0.2) is 0 Å². The molecular formula is C10H14F3N3. The van der Waals surface area contributed by atoms with E-state index in [0.29, 0.717) is 11.3 Å². The van der Waals surface area contributed by atoms with E-state index >= 15 is 0 Å². The molecular weight excluding hydrogens is 219 g/mol. The average molecular weight is 233 g/mol. The molecule has 1 atom stereocenters. The molecule has 3 nitrogen and oxygen atoms in total. The van der Waals surface area contributed by atoms with Crippen LogP contribution in [0.3, 0.4) is 0 Å². The van der Waals surface area contributed by atoms with E-state index < -0.39 is 18.6 Å². The largest absolute Gasteiger partial charge is 0.398 e. The maximum atomic E-state index is 12.1. The van der Waals surface area contributed by atoms with Gasteiger partial charge in [0.1, 0.15) is 0 Å². The van der Waals surface area contributed by atoms with Crippen LogP contribution in [0.4, 0.5) is 18.9 Å². The highest BCUT2D eigenvalue weighted by atomic mass is 19.4. The third-order valence-electron chi connectivity index (χ3n) is 2.33. The first-order valence-corrected chi connectivity index (χ1v) is 4.87. The van der Waals surface area contributed by atoms with Crippen LogP contribution in [0.5, 0.6) is 0 Å². The van der Waals surface area contributed by atoms with Crippen molar-refractivity contribution in [2.45, 2.75) is 25.1 Å². The Labute approximate surface area is 91.9 Å². The minimum Gasteiger partial charge on any atom is -0.398 e. The molecule has 1 unspecified atom stereocenters. The molecule has 1 rings (SSSR count). The number of hydrogen-bond acceptors (Lipinski definition) is 3. The molecule has 16 heavy (non-hydrogen) atoms. The molecule has 0 saturated heterocycles. The van der Waals surface area contributed by atoms with E-state index in [1.54, 1.807) is 13.1 Å². The van der Waals surface area contributed by atoms with Gasteiger partial charge in [0.25, 0.3) is 0 Å². The van der Waals surface area contributed by atoms with Gasteiger partial charge in [-0.15, -0.1) is 0 Å². The molecule has 1 aromatic rings. The summed E-state index contributed by atoms with van der Waals surface area (Å²) >= 11 is 0. The Bertz CT molecular complexity index is 338. The Hall–Kier alpha value is -1.30. The summed E-state index contributed by atoms with van der Waals surface area (Å²) in [7, 11) is 1.60. The Morgan fingerprint density at radius 2 is 2.19 bits per heavy atom. The number of nitrogens with two attached hydrogens (primary N) is 1. The molecule has 0 radical (unpaired) electrons. The van der Waals surface area contributed by atoms with E-state index in [4.69, 9.17) is 5.73 Å². The fraction of sp³-hybridized carbons (Fsp3) is 0.500. The highest BCUT2D eigenvalue weighted by Gasteiger charge is 2.28. The quantitative estimate of drug-likeness (QED) is 0.838. The second-order valence-electron chi connectivity index (χ2n) is 3.50. The summed E-state index contributed by atoms with van der Waals surface area (Å²) in [4.78, 5) is 3.86. The number of nitrogen functional groups attached to an aromatic ring is 1. The van der Waals surface area contributed by atoms with Gasteiger partial charge in [-0.3, -0.25) is 4.98 Å². The fourth-order valence-corrected chi connectivity index (χ4v) is 1.47. The maximum absolute atomic E-state index is 12.1. The summed E-state index contributed by atoms with van der Waals surface area (Å²) < 4.78 is 36.3. The van der Waals surface area contributed by atoms with Gasteiger partial charge in [-0.05, 0) is 19.5 Å². The minimum atomic E-state index is -4.15. The van der Waals surface area contributed by atoms with Crippen LogP contribution >= 0.6 is 0 Å². The highest BCUT2D eigenvalue weighted by Crippen LogP contribution is 2.29. The smallest absolute Gasteiger partial charge is 0.389 e. The van der Waals surface area contributed by atoms with Crippen molar-refractivity contribution in [2.24, 2.45) is 0 Å². The lowest BCUT2D eigenvalue weighted by molar-refractivity contribution is -0.136. The molecule has 0 spiro atoms. The molecule has 0 aliphatic rings. The van der Waals surface area contributed by atoms with Crippen LogP contribution in [0.1, 0.15) is 24.4 Å². The number of nitrogens with zero attached hydrogens (tertiary/aromatic N) is 1. The number of anilines is 1. The van der Waals surface area contributed by atoms with E-state index in [9.17, 15) is 13.2 Å². The van der Waals surface area contributed by atoms with E-state index in [2.05, 4.69) is 10.3 Å². The first kappa shape index (κ1) is 12.8. The van der Waals surface area contributed by atoms with Crippen LogP contribution in [0.2, 0.25) is 0 Å². The zero-order chi connectivity index (χ0) is 12.2. The van der Waals surface area contributed by atoms with Gasteiger partial charge < -0.3 is 11.1 Å². The van der Waals surface area contributed by atoms with Crippen LogP contribution in [0.25, 0.3) is 0 Å². The van der Waals surface area contributed by atoms with E-state index in [1.807, 2.05) is 0 Å². The van der Waals surface area contributed by atoms with Gasteiger partial charge in [0.05, 0.1) is 0 Å². The predicted molar refractivity (Wildman–Crippen MR) is 55.7 cm³/mol. The van der Waals surface area contributed by atoms with Crippen molar-refractivity contribution in [3.63, 3.8) is 0 Å². The normalized spacial score (nSPS) is 13.8. The maximum Gasteiger partial charge on any atom is 0.389 e. The lowest BCUT2D eigenvalue weighted by atomic mass is 10.0. The molecule has 3 N–H and O–H groups in total. The van der Waals surface area contributed by atoms with Crippen molar-refractivity contribution >= 4 is 5.69 Å². The summed E-state index contributed by atoms with van der Waals surface area (Å²) in [5, 5.41) is 2.81. The van der Waals surface area contributed by atoms with Crippen LogP contribution in [-0.4, -0.2) is 18.2 Å². The number of hydrogen-bond donors (Lipinski definition) is 2. The number of pyridine rings is 1. The number of nitrogens with one attached hydrogen (secondary N) is 1. The number of rotatable bonds is 4. The Morgan fingerprint density at radius 3 is 2.69 bits per heavy atom. The zero-order valence-corrected chi connectivity index (χ0v) is 8.88. The molecule has 1 heterocycles. The summed E-state index contributed by atoms with van der Waals surface area (Å²) in [5.41, 5.74) is 6.74. The van der Waals surface area contributed by atoms with Crippen LogP contribution in [0, 0.1) is 0 Å². The second-order valence-corrected chi connectivity index (χ2v) is 3.50.